The molecule has 0 aromatic heterocycles. The molecule has 29 heavy (non-hydrogen) atoms. The van der Waals surface area contributed by atoms with Crippen LogP contribution in [0.4, 0.5) is 0 Å². The summed E-state index contributed by atoms with van der Waals surface area (Å²) in [7, 11) is 0. The van der Waals surface area contributed by atoms with Crippen LogP contribution >= 0.6 is 0 Å². The molecule has 0 bridgehead atoms. The summed E-state index contributed by atoms with van der Waals surface area (Å²) in [6.45, 7) is 15.3. The lowest BCUT2D eigenvalue weighted by Crippen LogP contribution is -2.28. The van der Waals surface area contributed by atoms with E-state index in [9.17, 15) is 4.79 Å². The van der Waals surface area contributed by atoms with Gasteiger partial charge in [0.2, 0.25) is 0 Å². The summed E-state index contributed by atoms with van der Waals surface area (Å²) in [4.78, 5) is 13.2. The summed E-state index contributed by atoms with van der Waals surface area (Å²) < 4.78 is 0. The molecule has 1 aliphatic carbocycles. The zero-order chi connectivity index (χ0) is 21.4. The van der Waals surface area contributed by atoms with Crippen LogP contribution in [-0.2, 0) is 23.7 Å². The third-order valence-corrected chi connectivity index (χ3v) is 6.15. The third kappa shape index (κ3) is 5.10. The number of amides is 1. The molecule has 0 radical (unpaired) electrons. The molecule has 0 saturated carbocycles. The number of benzene rings is 2. The molecule has 1 atom stereocenters. The van der Waals surface area contributed by atoms with Crippen molar-refractivity contribution in [2.45, 2.75) is 91.0 Å². The Hall–Kier alpha value is -2.09. The van der Waals surface area contributed by atoms with Gasteiger partial charge in [0.25, 0.3) is 5.91 Å². The van der Waals surface area contributed by atoms with E-state index in [4.69, 9.17) is 0 Å². The predicted octanol–water partition coefficient (Wildman–Crippen LogP) is 6.65. The van der Waals surface area contributed by atoms with Gasteiger partial charge in [-0.1, -0.05) is 65.8 Å². The summed E-state index contributed by atoms with van der Waals surface area (Å²) in [6, 6.07) is 13.1. The summed E-state index contributed by atoms with van der Waals surface area (Å²) >= 11 is 0. The topological polar surface area (TPSA) is 29.1 Å². The highest BCUT2D eigenvalue weighted by Gasteiger charge is 2.23. The van der Waals surface area contributed by atoms with Gasteiger partial charge in [0, 0.05) is 5.56 Å². The zero-order valence-corrected chi connectivity index (χ0v) is 19.3. The second kappa shape index (κ2) is 7.97. The van der Waals surface area contributed by atoms with Crippen molar-refractivity contribution in [1.82, 2.24) is 5.32 Å². The van der Waals surface area contributed by atoms with Gasteiger partial charge in [0.1, 0.15) is 0 Å². The Morgan fingerprint density at radius 1 is 0.828 bits per heavy atom. The second-order valence-electron chi connectivity index (χ2n) is 10.7. The van der Waals surface area contributed by atoms with Crippen LogP contribution in [0.1, 0.15) is 106 Å². The highest BCUT2D eigenvalue weighted by molar-refractivity contribution is 5.95. The van der Waals surface area contributed by atoms with Gasteiger partial charge in [-0.05, 0) is 83.4 Å². The first kappa shape index (κ1) is 21.6. The molecule has 0 heterocycles. The Bertz CT molecular complexity index is 863. The van der Waals surface area contributed by atoms with Crippen molar-refractivity contribution in [3.05, 3.63) is 69.8 Å². The van der Waals surface area contributed by atoms with Crippen LogP contribution in [0.5, 0.6) is 0 Å². The van der Waals surface area contributed by atoms with Gasteiger partial charge in [0.15, 0.2) is 0 Å². The van der Waals surface area contributed by atoms with Crippen LogP contribution in [0.2, 0.25) is 0 Å². The van der Waals surface area contributed by atoms with Crippen LogP contribution in [0.15, 0.2) is 36.4 Å². The Kier molecular flexibility index (Phi) is 5.94. The fourth-order valence-corrected chi connectivity index (χ4v) is 4.01. The molecule has 1 aliphatic rings. The maximum absolute atomic E-state index is 13.2. The quantitative estimate of drug-likeness (QED) is 0.623. The minimum absolute atomic E-state index is 0.000396. The first-order valence-corrected chi connectivity index (χ1v) is 11.0. The predicted molar refractivity (Wildman–Crippen MR) is 123 cm³/mol. The monoisotopic (exact) mass is 391 g/mol. The number of hydrogen-bond donors (Lipinski definition) is 1. The SMILES string of the molecule is C[C@H](NC(=O)c1cc(C(C)(C)C)cc(C(C)(C)C)c1)c1ccc2c(c1)CCCC2. The van der Waals surface area contributed by atoms with Gasteiger partial charge in [-0.15, -0.1) is 0 Å². The smallest absolute Gasteiger partial charge is 0.251 e. The molecule has 2 heteroatoms. The second-order valence-corrected chi connectivity index (χ2v) is 10.7. The van der Waals surface area contributed by atoms with Gasteiger partial charge in [-0.25, -0.2) is 0 Å². The third-order valence-electron chi connectivity index (χ3n) is 6.15. The summed E-state index contributed by atoms with van der Waals surface area (Å²) in [5.41, 5.74) is 7.30. The zero-order valence-electron chi connectivity index (χ0n) is 19.3. The number of hydrogen-bond acceptors (Lipinski definition) is 1. The van der Waals surface area contributed by atoms with E-state index in [1.807, 2.05) is 0 Å². The molecular weight excluding hydrogens is 354 g/mol. The standard InChI is InChI=1S/C27H37NO/c1-18(20-13-12-19-10-8-9-11-21(19)14-20)28-25(29)22-15-23(26(2,3)4)17-24(16-22)27(5,6)7/h12-18H,8-11H2,1-7H3,(H,28,29)/t18-/m0/s1. The number of nitrogens with one attached hydrogen (secondary N) is 1. The summed E-state index contributed by atoms with van der Waals surface area (Å²) in [6.07, 6.45) is 4.91. The van der Waals surface area contributed by atoms with Crippen molar-refractivity contribution in [3.63, 3.8) is 0 Å². The average Bonchev–Trinajstić information content (AvgIpc) is 2.65. The van der Waals surface area contributed by atoms with E-state index in [0.29, 0.717) is 0 Å². The molecule has 0 fully saturated rings. The lowest BCUT2D eigenvalue weighted by atomic mass is 9.79. The molecule has 0 unspecified atom stereocenters. The Labute approximate surface area is 177 Å². The maximum Gasteiger partial charge on any atom is 0.251 e. The van der Waals surface area contributed by atoms with Gasteiger partial charge < -0.3 is 5.32 Å². The van der Waals surface area contributed by atoms with Crippen molar-refractivity contribution in [3.8, 4) is 0 Å². The van der Waals surface area contributed by atoms with Crippen LogP contribution in [0, 0.1) is 0 Å². The molecular formula is C27H37NO. The molecule has 156 valence electrons. The van der Waals surface area contributed by atoms with Gasteiger partial charge in [-0.3, -0.25) is 4.79 Å². The normalized spacial score (nSPS) is 15.6. The number of aryl methyl sites for hydroxylation is 2. The van der Waals surface area contributed by atoms with Crippen LogP contribution in [0.25, 0.3) is 0 Å². The maximum atomic E-state index is 13.2. The minimum Gasteiger partial charge on any atom is -0.346 e. The minimum atomic E-state index is -0.00824. The first-order valence-electron chi connectivity index (χ1n) is 11.0. The van der Waals surface area contributed by atoms with E-state index in [-0.39, 0.29) is 22.8 Å². The molecule has 0 aliphatic heterocycles. The fourth-order valence-electron chi connectivity index (χ4n) is 4.01. The van der Waals surface area contributed by atoms with Gasteiger partial charge in [-0.2, -0.15) is 0 Å². The van der Waals surface area contributed by atoms with Crippen LogP contribution in [0.3, 0.4) is 0 Å². The molecule has 1 amide bonds. The Morgan fingerprint density at radius 3 is 1.93 bits per heavy atom. The van der Waals surface area contributed by atoms with E-state index >= 15 is 0 Å². The van der Waals surface area contributed by atoms with E-state index in [2.05, 4.69) is 90.2 Å². The number of fused-ring (bicyclic) bond motifs is 1. The summed E-state index contributed by atoms with van der Waals surface area (Å²) in [5.74, 6) is 0.00632. The molecule has 2 aromatic carbocycles. The number of carbonyl (C=O) groups is 1. The van der Waals surface area contributed by atoms with Gasteiger partial charge >= 0.3 is 0 Å². The van der Waals surface area contributed by atoms with Crippen LogP contribution in [-0.4, -0.2) is 5.91 Å². The molecule has 0 spiro atoms. The molecule has 2 nitrogen and oxygen atoms in total. The van der Waals surface area contributed by atoms with E-state index in [0.717, 1.165) is 12.0 Å². The molecule has 2 aromatic rings. The summed E-state index contributed by atoms with van der Waals surface area (Å²) in [5, 5.41) is 3.24. The lowest BCUT2D eigenvalue weighted by Gasteiger charge is -2.26. The molecule has 0 saturated heterocycles. The van der Waals surface area contributed by atoms with Crippen molar-refractivity contribution in [1.29, 1.82) is 0 Å². The van der Waals surface area contributed by atoms with Crippen LogP contribution < -0.4 is 5.32 Å². The van der Waals surface area contributed by atoms with E-state index < -0.39 is 0 Å². The first-order chi connectivity index (χ1) is 13.4. The van der Waals surface area contributed by atoms with E-state index in [1.165, 1.54) is 47.1 Å². The molecule has 1 N–H and O–H groups in total. The Morgan fingerprint density at radius 2 is 1.38 bits per heavy atom. The van der Waals surface area contributed by atoms with Gasteiger partial charge in [0.05, 0.1) is 6.04 Å². The van der Waals surface area contributed by atoms with Crippen molar-refractivity contribution < 1.29 is 4.79 Å². The highest BCUT2D eigenvalue weighted by atomic mass is 16.1. The fraction of sp³-hybridized carbons (Fsp3) is 0.519. The van der Waals surface area contributed by atoms with Crippen molar-refractivity contribution in [2.24, 2.45) is 0 Å². The lowest BCUT2D eigenvalue weighted by molar-refractivity contribution is 0.0939. The van der Waals surface area contributed by atoms with Crippen molar-refractivity contribution >= 4 is 5.91 Å². The number of rotatable bonds is 3. The van der Waals surface area contributed by atoms with Crippen molar-refractivity contribution in [2.75, 3.05) is 0 Å². The largest absolute Gasteiger partial charge is 0.346 e. The molecule has 3 rings (SSSR count). The Balaban J connectivity index is 1.86. The highest BCUT2D eigenvalue weighted by Crippen LogP contribution is 2.31. The number of carbonyl (C=O) groups excluding carboxylic acids is 1. The van der Waals surface area contributed by atoms with E-state index in [1.54, 1.807) is 0 Å². The average molecular weight is 392 g/mol.